The van der Waals surface area contributed by atoms with Crippen LogP contribution in [0.1, 0.15) is 5.69 Å². The SMILES string of the molecule is COc1ccc(NS(=O)(=O)c2cn[nH]c2C)cc1O. The Morgan fingerprint density at radius 3 is 2.68 bits per heavy atom. The summed E-state index contributed by atoms with van der Waals surface area (Å²) in [4.78, 5) is 0.0582. The van der Waals surface area contributed by atoms with E-state index in [-0.39, 0.29) is 22.1 Å². The number of nitrogens with zero attached hydrogens (tertiary/aromatic N) is 1. The number of aromatic hydroxyl groups is 1. The van der Waals surface area contributed by atoms with Gasteiger partial charge in [-0.15, -0.1) is 0 Å². The second-order valence-electron chi connectivity index (χ2n) is 3.85. The van der Waals surface area contributed by atoms with Gasteiger partial charge in [-0.1, -0.05) is 0 Å². The van der Waals surface area contributed by atoms with Crippen molar-refractivity contribution in [3.8, 4) is 11.5 Å². The van der Waals surface area contributed by atoms with E-state index in [1.54, 1.807) is 6.92 Å². The number of anilines is 1. The molecule has 0 bridgehead atoms. The second-order valence-corrected chi connectivity index (χ2v) is 5.50. The summed E-state index contributed by atoms with van der Waals surface area (Å²) in [5.41, 5.74) is 0.670. The third kappa shape index (κ3) is 2.63. The average Bonchev–Trinajstić information content (AvgIpc) is 2.76. The smallest absolute Gasteiger partial charge is 0.265 e. The van der Waals surface area contributed by atoms with Crippen molar-refractivity contribution in [3.05, 3.63) is 30.1 Å². The Labute approximate surface area is 110 Å². The number of rotatable bonds is 4. The van der Waals surface area contributed by atoms with E-state index >= 15 is 0 Å². The molecule has 0 saturated heterocycles. The number of aromatic nitrogens is 2. The van der Waals surface area contributed by atoms with E-state index in [0.717, 1.165) is 0 Å². The van der Waals surface area contributed by atoms with Crippen molar-refractivity contribution in [2.24, 2.45) is 0 Å². The molecule has 0 aliphatic rings. The molecular weight excluding hydrogens is 270 g/mol. The maximum Gasteiger partial charge on any atom is 0.265 e. The lowest BCUT2D eigenvalue weighted by molar-refractivity contribution is 0.373. The molecule has 0 aliphatic heterocycles. The first-order valence-corrected chi connectivity index (χ1v) is 6.82. The maximum atomic E-state index is 12.1. The first-order valence-electron chi connectivity index (χ1n) is 5.34. The van der Waals surface area contributed by atoms with Gasteiger partial charge < -0.3 is 9.84 Å². The molecule has 0 amide bonds. The van der Waals surface area contributed by atoms with Crippen LogP contribution in [0.5, 0.6) is 11.5 Å². The van der Waals surface area contributed by atoms with Crippen LogP contribution in [-0.4, -0.2) is 30.8 Å². The number of ether oxygens (including phenoxy) is 1. The second kappa shape index (κ2) is 4.81. The van der Waals surface area contributed by atoms with E-state index in [2.05, 4.69) is 14.9 Å². The summed E-state index contributed by atoms with van der Waals surface area (Å²) in [6.45, 7) is 1.60. The molecular formula is C11H13N3O4S. The number of hydrogen-bond donors (Lipinski definition) is 3. The van der Waals surface area contributed by atoms with Gasteiger partial charge in [-0.2, -0.15) is 5.10 Å². The number of hydrogen-bond acceptors (Lipinski definition) is 5. The standard InChI is InChI=1S/C11H13N3O4S/c1-7-11(6-12-13-7)19(16,17)14-8-3-4-10(18-2)9(15)5-8/h3-6,14-15H,1-2H3,(H,12,13). The fourth-order valence-electron chi connectivity index (χ4n) is 1.57. The predicted molar refractivity (Wildman–Crippen MR) is 68.8 cm³/mol. The quantitative estimate of drug-likeness (QED) is 0.783. The minimum atomic E-state index is -3.73. The molecule has 7 nitrogen and oxygen atoms in total. The van der Waals surface area contributed by atoms with Gasteiger partial charge in [0, 0.05) is 6.07 Å². The fourth-order valence-corrected chi connectivity index (χ4v) is 2.76. The van der Waals surface area contributed by atoms with Gasteiger partial charge in [0.1, 0.15) is 4.90 Å². The molecule has 1 heterocycles. The van der Waals surface area contributed by atoms with Crippen LogP contribution in [0, 0.1) is 6.92 Å². The molecule has 0 aliphatic carbocycles. The van der Waals surface area contributed by atoms with E-state index in [4.69, 9.17) is 4.74 Å². The topological polar surface area (TPSA) is 104 Å². The van der Waals surface area contributed by atoms with Gasteiger partial charge in [-0.3, -0.25) is 9.82 Å². The number of phenols is 1. The van der Waals surface area contributed by atoms with Gasteiger partial charge in [0.25, 0.3) is 10.0 Å². The van der Waals surface area contributed by atoms with Gasteiger partial charge in [-0.25, -0.2) is 8.42 Å². The first-order chi connectivity index (χ1) is 8.94. The number of methoxy groups -OCH3 is 1. The van der Waals surface area contributed by atoms with E-state index in [1.807, 2.05) is 0 Å². The van der Waals surface area contributed by atoms with Gasteiger partial charge in [0.05, 0.1) is 24.7 Å². The first kappa shape index (κ1) is 13.2. The highest BCUT2D eigenvalue weighted by molar-refractivity contribution is 7.92. The van der Waals surface area contributed by atoms with E-state index in [1.165, 1.54) is 31.5 Å². The average molecular weight is 283 g/mol. The lowest BCUT2D eigenvalue weighted by Gasteiger charge is -2.09. The molecule has 0 saturated carbocycles. The van der Waals surface area contributed by atoms with Crippen molar-refractivity contribution in [3.63, 3.8) is 0 Å². The molecule has 2 aromatic rings. The van der Waals surface area contributed by atoms with Gasteiger partial charge >= 0.3 is 0 Å². The molecule has 2 rings (SSSR count). The summed E-state index contributed by atoms with van der Waals surface area (Å²) >= 11 is 0. The Balaban J connectivity index is 2.31. The lowest BCUT2D eigenvalue weighted by Crippen LogP contribution is -2.13. The van der Waals surface area contributed by atoms with Gasteiger partial charge in [0.2, 0.25) is 0 Å². The van der Waals surface area contributed by atoms with E-state index < -0.39 is 10.0 Å². The fraction of sp³-hybridized carbons (Fsp3) is 0.182. The van der Waals surface area contributed by atoms with Crippen LogP contribution >= 0.6 is 0 Å². The minimum absolute atomic E-state index is 0.0582. The maximum absolute atomic E-state index is 12.1. The minimum Gasteiger partial charge on any atom is -0.504 e. The third-order valence-electron chi connectivity index (χ3n) is 2.50. The highest BCUT2D eigenvalue weighted by atomic mass is 32.2. The Morgan fingerprint density at radius 1 is 1.42 bits per heavy atom. The Kier molecular flexibility index (Phi) is 3.34. The number of sulfonamides is 1. The number of phenolic OH excluding ortho intramolecular Hbond substituents is 1. The van der Waals surface area contributed by atoms with Crippen molar-refractivity contribution < 1.29 is 18.3 Å². The van der Waals surface area contributed by atoms with Crippen molar-refractivity contribution in [1.29, 1.82) is 0 Å². The number of nitrogens with one attached hydrogen (secondary N) is 2. The van der Waals surface area contributed by atoms with Crippen LogP contribution in [0.15, 0.2) is 29.3 Å². The number of benzene rings is 1. The number of H-pyrrole nitrogens is 1. The summed E-state index contributed by atoms with van der Waals surface area (Å²) < 4.78 is 31.4. The molecule has 1 aromatic heterocycles. The van der Waals surface area contributed by atoms with Gasteiger partial charge in [0.15, 0.2) is 11.5 Å². The highest BCUT2D eigenvalue weighted by Crippen LogP contribution is 2.29. The number of aromatic amines is 1. The van der Waals surface area contributed by atoms with Crippen molar-refractivity contribution >= 4 is 15.7 Å². The van der Waals surface area contributed by atoms with E-state index in [9.17, 15) is 13.5 Å². The zero-order valence-corrected chi connectivity index (χ0v) is 11.2. The van der Waals surface area contributed by atoms with Crippen molar-refractivity contribution in [2.45, 2.75) is 11.8 Å². The molecule has 19 heavy (non-hydrogen) atoms. The molecule has 0 spiro atoms. The normalized spacial score (nSPS) is 11.3. The Hall–Kier alpha value is -2.22. The molecule has 3 N–H and O–H groups in total. The molecule has 102 valence electrons. The molecule has 1 aromatic carbocycles. The highest BCUT2D eigenvalue weighted by Gasteiger charge is 2.19. The van der Waals surface area contributed by atoms with Crippen LogP contribution < -0.4 is 9.46 Å². The lowest BCUT2D eigenvalue weighted by atomic mass is 10.3. The summed E-state index contributed by atoms with van der Waals surface area (Å²) in [6.07, 6.45) is 1.22. The summed E-state index contributed by atoms with van der Waals surface area (Å²) in [7, 11) is -2.32. The largest absolute Gasteiger partial charge is 0.504 e. The van der Waals surface area contributed by atoms with Gasteiger partial charge in [-0.05, 0) is 19.1 Å². The van der Waals surface area contributed by atoms with Crippen LogP contribution in [0.4, 0.5) is 5.69 Å². The van der Waals surface area contributed by atoms with Crippen LogP contribution in [0.2, 0.25) is 0 Å². The van der Waals surface area contributed by atoms with Crippen LogP contribution in [0.25, 0.3) is 0 Å². The molecule has 0 unspecified atom stereocenters. The molecule has 0 fully saturated rings. The molecule has 0 atom stereocenters. The van der Waals surface area contributed by atoms with Crippen molar-refractivity contribution in [2.75, 3.05) is 11.8 Å². The summed E-state index contributed by atoms with van der Waals surface area (Å²) in [6, 6.07) is 4.23. The molecule has 8 heteroatoms. The predicted octanol–water partition coefficient (Wildman–Crippen LogP) is 1.23. The summed E-state index contributed by atoms with van der Waals surface area (Å²) in [5, 5.41) is 15.8. The van der Waals surface area contributed by atoms with Crippen LogP contribution in [-0.2, 0) is 10.0 Å². The van der Waals surface area contributed by atoms with Crippen LogP contribution in [0.3, 0.4) is 0 Å². The third-order valence-corrected chi connectivity index (χ3v) is 4.00. The summed E-state index contributed by atoms with van der Waals surface area (Å²) in [5.74, 6) is 0.119. The monoisotopic (exact) mass is 283 g/mol. The molecule has 0 radical (unpaired) electrons. The van der Waals surface area contributed by atoms with Crippen molar-refractivity contribution in [1.82, 2.24) is 10.2 Å². The number of aryl methyl sites for hydroxylation is 1. The van der Waals surface area contributed by atoms with E-state index in [0.29, 0.717) is 5.69 Å². The zero-order chi connectivity index (χ0) is 14.0. The zero-order valence-electron chi connectivity index (χ0n) is 10.3. The Morgan fingerprint density at radius 2 is 2.16 bits per heavy atom. The Bertz CT molecular complexity index is 694.